The van der Waals surface area contributed by atoms with Gasteiger partial charge in [0.15, 0.2) is 16.6 Å². The number of nitrogens with one attached hydrogen (secondary N) is 1. The number of anilines is 1. The third-order valence-electron chi connectivity index (χ3n) is 4.74. The minimum absolute atomic E-state index is 0.239. The Balaban J connectivity index is 1.56. The zero-order valence-electron chi connectivity index (χ0n) is 18.3. The van der Waals surface area contributed by atoms with Crippen molar-refractivity contribution < 1.29 is 14.3 Å². The van der Waals surface area contributed by atoms with E-state index in [0.29, 0.717) is 23.2 Å². The van der Waals surface area contributed by atoms with Crippen LogP contribution in [0.25, 0.3) is 17.3 Å². The molecular weight excluding hydrogens is 488 g/mol. The van der Waals surface area contributed by atoms with E-state index in [0.717, 1.165) is 27.7 Å². The molecule has 0 bridgehead atoms. The molecule has 0 radical (unpaired) electrons. The number of ether oxygens (including phenoxy) is 2. The highest BCUT2D eigenvalue weighted by Gasteiger charge is 2.08. The minimum Gasteiger partial charge on any atom is -0.493 e. The van der Waals surface area contributed by atoms with Crippen LogP contribution in [0.5, 0.6) is 11.5 Å². The van der Waals surface area contributed by atoms with Crippen molar-refractivity contribution in [1.82, 2.24) is 4.98 Å². The summed E-state index contributed by atoms with van der Waals surface area (Å²) in [5.74, 6) is 1.13. The quantitative estimate of drug-likeness (QED) is 0.217. The number of rotatable bonds is 11. The lowest BCUT2D eigenvalue weighted by Crippen LogP contribution is -2.07. The Kier molecular flexibility index (Phi) is 9.31. The number of aromatic nitrogens is 1. The summed E-state index contributed by atoms with van der Waals surface area (Å²) >= 11 is 4.82. The van der Waals surface area contributed by atoms with E-state index < -0.39 is 0 Å². The number of thiazole rings is 1. The van der Waals surface area contributed by atoms with Gasteiger partial charge in [-0.05, 0) is 42.3 Å². The van der Waals surface area contributed by atoms with Gasteiger partial charge in [-0.1, -0.05) is 60.3 Å². The summed E-state index contributed by atoms with van der Waals surface area (Å²) in [6.07, 6.45) is 7.84. The highest BCUT2D eigenvalue weighted by atomic mass is 79.9. The Morgan fingerprint density at radius 1 is 1.12 bits per heavy atom. The van der Waals surface area contributed by atoms with Crippen LogP contribution >= 0.6 is 27.3 Å². The monoisotopic (exact) mass is 514 g/mol. The van der Waals surface area contributed by atoms with E-state index in [1.54, 1.807) is 13.2 Å². The van der Waals surface area contributed by atoms with Gasteiger partial charge in [0, 0.05) is 21.5 Å². The Bertz CT molecular complexity index is 1050. The van der Waals surface area contributed by atoms with Crippen molar-refractivity contribution >= 4 is 44.4 Å². The summed E-state index contributed by atoms with van der Waals surface area (Å²) in [5, 5.41) is 5.30. The standard InChI is InChI=1S/C25H27BrN2O3S/c1-3-4-5-6-15-31-22-13-7-18(16-23(22)30-2)8-14-24(29)28-25-27-21(17-32-25)19-9-11-20(26)12-10-19/h7-14,16-17H,3-6,15H2,1-2H3,(H,27,28,29)/b14-8+. The molecule has 1 aromatic heterocycles. The first-order chi connectivity index (χ1) is 15.6. The zero-order chi connectivity index (χ0) is 22.8. The van der Waals surface area contributed by atoms with Gasteiger partial charge in [-0.25, -0.2) is 4.98 Å². The second kappa shape index (κ2) is 12.4. The SMILES string of the molecule is CCCCCCOc1ccc(/C=C/C(=O)Nc2nc(-c3ccc(Br)cc3)cs2)cc1OC. The van der Waals surface area contributed by atoms with Crippen molar-refractivity contribution in [2.45, 2.75) is 32.6 Å². The maximum absolute atomic E-state index is 12.3. The number of carbonyl (C=O) groups is 1. The van der Waals surface area contributed by atoms with E-state index in [2.05, 4.69) is 33.2 Å². The molecule has 0 aliphatic rings. The third-order valence-corrected chi connectivity index (χ3v) is 6.03. The summed E-state index contributed by atoms with van der Waals surface area (Å²) in [7, 11) is 1.62. The Morgan fingerprint density at radius 2 is 1.94 bits per heavy atom. The van der Waals surface area contributed by atoms with Gasteiger partial charge in [-0.3, -0.25) is 10.1 Å². The summed E-state index contributed by atoms with van der Waals surface area (Å²) in [4.78, 5) is 16.8. The normalized spacial score (nSPS) is 11.0. The second-order valence-corrected chi connectivity index (χ2v) is 8.96. The maximum atomic E-state index is 12.3. The van der Waals surface area contributed by atoms with Gasteiger partial charge >= 0.3 is 0 Å². The number of unbranched alkanes of at least 4 members (excludes halogenated alkanes) is 3. The van der Waals surface area contributed by atoms with E-state index in [-0.39, 0.29) is 5.91 Å². The first kappa shape index (κ1) is 24.0. The highest BCUT2D eigenvalue weighted by molar-refractivity contribution is 9.10. The van der Waals surface area contributed by atoms with Crippen LogP contribution in [0, 0.1) is 0 Å². The molecule has 2 aromatic carbocycles. The van der Waals surface area contributed by atoms with Crippen LogP contribution in [0.4, 0.5) is 5.13 Å². The predicted molar refractivity (Wildman–Crippen MR) is 136 cm³/mol. The van der Waals surface area contributed by atoms with Gasteiger partial charge in [0.25, 0.3) is 0 Å². The van der Waals surface area contributed by atoms with Crippen LogP contribution in [0.1, 0.15) is 38.2 Å². The van der Waals surface area contributed by atoms with Crippen molar-refractivity contribution in [3.63, 3.8) is 0 Å². The van der Waals surface area contributed by atoms with Crippen LogP contribution in [-0.2, 0) is 4.79 Å². The fourth-order valence-corrected chi connectivity index (χ4v) is 4.01. The lowest BCUT2D eigenvalue weighted by molar-refractivity contribution is -0.111. The average molecular weight is 515 g/mol. The van der Waals surface area contributed by atoms with E-state index >= 15 is 0 Å². The summed E-state index contributed by atoms with van der Waals surface area (Å²) in [6, 6.07) is 13.5. The molecule has 0 saturated heterocycles. The molecule has 1 amide bonds. The van der Waals surface area contributed by atoms with Crippen molar-refractivity contribution in [1.29, 1.82) is 0 Å². The van der Waals surface area contributed by atoms with Gasteiger partial charge in [0.2, 0.25) is 5.91 Å². The highest BCUT2D eigenvalue weighted by Crippen LogP contribution is 2.29. The van der Waals surface area contributed by atoms with Crippen LogP contribution in [-0.4, -0.2) is 24.6 Å². The lowest BCUT2D eigenvalue weighted by Gasteiger charge is -2.11. The lowest BCUT2D eigenvalue weighted by atomic mass is 10.2. The van der Waals surface area contributed by atoms with Crippen LogP contribution < -0.4 is 14.8 Å². The summed E-state index contributed by atoms with van der Waals surface area (Å²) in [6.45, 7) is 2.86. The number of hydrogen-bond acceptors (Lipinski definition) is 5. The number of methoxy groups -OCH3 is 1. The molecule has 0 atom stereocenters. The average Bonchev–Trinajstić information content (AvgIpc) is 3.26. The fourth-order valence-electron chi connectivity index (χ4n) is 3.02. The summed E-state index contributed by atoms with van der Waals surface area (Å²) in [5.41, 5.74) is 2.68. The zero-order valence-corrected chi connectivity index (χ0v) is 20.7. The number of halogens is 1. The molecule has 168 valence electrons. The number of hydrogen-bond donors (Lipinski definition) is 1. The van der Waals surface area contributed by atoms with Crippen molar-refractivity contribution in [2.75, 3.05) is 19.0 Å². The molecule has 1 heterocycles. The largest absolute Gasteiger partial charge is 0.493 e. The Hall–Kier alpha value is -2.64. The van der Waals surface area contributed by atoms with Gasteiger partial charge in [0.1, 0.15) is 0 Å². The molecule has 3 aromatic rings. The number of carbonyl (C=O) groups excluding carboxylic acids is 1. The van der Waals surface area contributed by atoms with Gasteiger partial charge < -0.3 is 9.47 Å². The maximum Gasteiger partial charge on any atom is 0.250 e. The first-order valence-electron chi connectivity index (χ1n) is 10.6. The Morgan fingerprint density at radius 3 is 2.69 bits per heavy atom. The molecule has 0 fully saturated rings. The molecule has 0 aliphatic heterocycles. The minimum atomic E-state index is -0.239. The number of nitrogens with zero attached hydrogens (tertiary/aromatic N) is 1. The molecule has 0 aliphatic carbocycles. The van der Waals surface area contributed by atoms with Crippen molar-refractivity contribution in [2.24, 2.45) is 0 Å². The van der Waals surface area contributed by atoms with Crippen LogP contribution in [0.2, 0.25) is 0 Å². The summed E-state index contributed by atoms with van der Waals surface area (Å²) < 4.78 is 12.3. The second-order valence-electron chi connectivity index (χ2n) is 7.19. The van der Waals surface area contributed by atoms with E-state index in [4.69, 9.17) is 9.47 Å². The molecular formula is C25H27BrN2O3S. The Labute approximate surface area is 201 Å². The van der Waals surface area contributed by atoms with E-state index in [1.165, 1.54) is 36.7 Å². The molecule has 1 N–H and O–H groups in total. The van der Waals surface area contributed by atoms with Crippen molar-refractivity contribution in [3.8, 4) is 22.8 Å². The topological polar surface area (TPSA) is 60.5 Å². The van der Waals surface area contributed by atoms with Crippen LogP contribution in [0.15, 0.2) is 58.4 Å². The molecule has 0 saturated carbocycles. The van der Waals surface area contributed by atoms with Gasteiger partial charge in [-0.2, -0.15) is 0 Å². The molecule has 32 heavy (non-hydrogen) atoms. The molecule has 7 heteroatoms. The molecule has 5 nitrogen and oxygen atoms in total. The molecule has 3 rings (SSSR count). The molecule has 0 spiro atoms. The third kappa shape index (κ3) is 7.21. The number of amides is 1. The smallest absolute Gasteiger partial charge is 0.250 e. The molecule has 0 unspecified atom stereocenters. The predicted octanol–water partition coefficient (Wildman–Crippen LogP) is 7.19. The van der Waals surface area contributed by atoms with Crippen LogP contribution in [0.3, 0.4) is 0 Å². The van der Waals surface area contributed by atoms with Gasteiger partial charge in [-0.15, -0.1) is 11.3 Å². The number of benzene rings is 2. The van der Waals surface area contributed by atoms with Crippen molar-refractivity contribution in [3.05, 3.63) is 64.0 Å². The fraction of sp³-hybridized carbons (Fsp3) is 0.280. The van der Waals surface area contributed by atoms with E-state index in [9.17, 15) is 4.79 Å². The first-order valence-corrected chi connectivity index (χ1v) is 12.3. The van der Waals surface area contributed by atoms with E-state index in [1.807, 2.05) is 47.8 Å². The van der Waals surface area contributed by atoms with Gasteiger partial charge in [0.05, 0.1) is 19.4 Å².